The molecule has 2 heterocycles. The summed E-state index contributed by atoms with van der Waals surface area (Å²) in [7, 11) is 2.06. The van der Waals surface area contributed by atoms with E-state index >= 15 is 0 Å². The summed E-state index contributed by atoms with van der Waals surface area (Å²) in [5.41, 5.74) is 8.96. The number of hydrogen-bond acceptors (Lipinski definition) is 5. The van der Waals surface area contributed by atoms with Gasteiger partial charge in [-0.25, -0.2) is 9.37 Å². The number of nitrogen functional groups attached to an aromatic ring is 1. The fourth-order valence-corrected chi connectivity index (χ4v) is 3.74. The molecule has 0 radical (unpaired) electrons. The van der Waals surface area contributed by atoms with Crippen LogP contribution in [-0.4, -0.2) is 53.9 Å². The lowest BCUT2D eigenvalue weighted by molar-refractivity contribution is 0.0664. The van der Waals surface area contributed by atoms with E-state index in [1.807, 2.05) is 29.2 Å². The molecule has 8 heteroatoms. The molecule has 166 valence electrons. The predicted octanol–water partition coefficient (Wildman–Crippen LogP) is 4.09. The number of nitrogens with zero attached hydrogens (tertiary/aromatic N) is 3. The van der Waals surface area contributed by atoms with Crippen molar-refractivity contribution in [1.29, 1.82) is 0 Å². The molecular formula is C24H24ClFN4O2. The summed E-state index contributed by atoms with van der Waals surface area (Å²) in [6.07, 6.45) is 1.66. The number of amides is 1. The molecule has 1 saturated heterocycles. The average molecular weight is 455 g/mol. The lowest BCUT2D eigenvalue weighted by atomic mass is 10.0. The molecule has 1 amide bonds. The van der Waals surface area contributed by atoms with E-state index in [9.17, 15) is 9.18 Å². The summed E-state index contributed by atoms with van der Waals surface area (Å²) in [5, 5.41) is 0.285. The summed E-state index contributed by atoms with van der Waals surface area (Å²) in [6.45, 7) is 3.36. The number of carbonyl (C=O) groups excluding carboxylic acids is 1. The first-order valence-corrected chi connectivity index (χ1v) is 10.7. The Balaban J connectivity index is 1.47. The number of ether oxygens (including phenoxy) is 1. The van der Waals surface area contributed by atoms with Crippen LogP contribution in [0, 0.1) is 5.82 Å². The molecule has 1 aliphatic rings. The second-order valence-corrected chi connectivity index (χ2v) is 8.21. The van der Waals surface area contributed by atoms with Gasteiger partial charge in [0, 0.05) is 49.1 Å². The summed E-state index contributed by atoms with van der Waals surface area (Å²) in [4.78, 5) is 21.1. The Morgan fingerprint density at radius 1 is 1.09 bits per heavy atom. The summed E-state index contributed by atoms with van der Waals surface area (Å²) in [5.74, 6) is 0.283. The van der Waals surface area contributed by atoms with Crippen molar-refractivity contribution < 1.29 is 13.9 Å². The maximum Gasteiger partial charge on any atom is 0.253 e. The van der Waals surface area contributed by atoms with E-state index in [0.29, 0.717) is 16.9 Å². The average Bonchev–Trinajstić information content (AvgIpc) is 2.80. The van der Waals surface area contributed by atoms with Crippen molar-refractivity contribution in [2.24, 2.45) is 0 Å². The molecule has 1 fully saturated rings. The highest BCUT2D eigenvalue weighted by Gasteiger charge is 2.20. The molecule has 0 spiro atoms. The van der Waals surface area contributed by atoms with Crippen LogP contribution in [0.2, 0.25) is 5.02 Å². The predicted molar refractivity (Wildman–Crippen MR) is 123 cm³/mol. The number of benzene rings is 2. The maximum atomic E-state index is 13.2. The van der Waals surface area contributed by atoms with Gasteiger partial charge in [-0.2, -0.15) is 0 Å². The maximum absolute atomic E-state index is 13.2. The van der Waals surface area contributed by atoms with E-state index in [-0.39, 0.29) is 23.4 Å². The molecule has 0 aliphatic carbocycles. The van der Waals surface area contributed by atoms with E-state index in [4.69, 9.17) is 22.1 Å². The third-order valence-electron chi connectivity index (χ3n) is 5.54. The Hall–Kier alpha value is -3.16. The Morgan fingerprint density at radius 3 is 2.50 bits per heavy atom. The van der Waals surface area contributed by atoms with Gasteiger partial charge in [0.25, 0.3) is 5.91 Å². The molecule has 0 saturated carbocycles. The number of anilines is 1. The van der Waals surface area contributed by atoms with Crippen molar-refractivity contribution in [1.82, 2.24) is 14.8 Å². The molecule has 6 nitrogen and oxygen atoms in total. The Bertz CT molecular complexity index is 1120. The smallest absolute Gasteiger partial charge is 0.253 e. The van der Waals surface area contributed by atoms with Gasteiger partial charge in [0.05, 0.1) is 5.02 Å². The van der Waals surface area contributed by atoms with Gasteiger partial charge in [-0.3, -0.25) is 4.79 Å². The van der Waals surface area contributed by atoms with Crippen molar-refractivity contribution in [2.75, 3.05) is 39.0 Å². The Labute approximate surface area is 191 Å². The number of halogens is 2. The standard InChI is InChI=1S/C24H24ClFN4O2/c1-29-8-10-30(11-9-29)24(31)17-4-2-16(3-5-17)19-12-22(23(27)28-14-19)32-15-18-6-7-20(26)13-21(18)25/h2-7,12-14H,8-11,15H2,1H3,(H2,27,28). The first-order chi connectivity index (χ1) is 15.4. The van der Waals surface area contributed by atoms with Gasteiger partial charge in [0.1, 0.15) is 12.4 Å². The molecule has 32 heavy (non-hydrogen) atoms. The number of likely N-dealkylation sites (N-methyl/N-ethyl adjacent to an activating group) is 1. The molecule has 1 aliphatic heterocycles. The lowest BCUT2D eigenvalue weighted by Crippen LogP contribution is -2.47. The van der Waals surface area contributed by atoms with E-state index in [1.54, 1.807) is 18.3 Å². The van der Waals surface area contributed by atoms with Crippen LogP contribution in [0.1, 0.15) is 15.9 Å². The van der Waals surface area contributed by atoms with Crippen LogP contribution >= 0.6 is 11.6 Å². The lowest BCUT2D eigenvalue weighted by Gasteiger charge is -2.32. The molecule has 1 aromatic heterocycles. The van der Waals surface area contributed by atoms with Crippen LogP contribution < -0.4 is 10.5 Å². The number of nitrogens with two attached hydrogens (primary N) is 1. The topological polar surface area (TPSA) is 71.7 Å². The molecule has 3 aromatic rings. The van der Waals surface area contributed by atoms with Gasteiger partial charge in [0.2, 0.25) is 0 Å². The van der Waals surface area contributed by atoms with Crippen LogP contribution in [0.4, 0.5) is 10.2 Å². The molecule has 0 unspecified atom stereocenters. The van der Waals surface area contributed by atoms with E-state index in [2.05, 4.69) is 16.9 Å². The first kappa shape index (κ1) is 22.0. The van der Waals surface area contributed by atoms with Crippen molar-refractivity contribution in [3.05, 3.63) is 76.7 Å². The minimum atomic E-state index is -0.406. The van der Waals surface area contributed by atoms with Crippen molar-refractivity contribution >= 4 is 23.3 Å². The fourth-order valence-electron chi connectivity index (χ4n) is 3.52. The number of rotatable bonds is 5. The highest BCUT2D eigenvalue weighted by Crippen LogP contribution is 2.29. The van der Waals surface area contributed by atoms with Crippen molar-refractivity contribution in [3.8, 4) is 16.9 Å². The Morgan fingerprint density at radius 2 is 1.81 bits per heavy atom. The third kappa shape index (κ3) is 5.00. The number of pyridine rings is 1. The van der Waals surface area contributed by atoms with Gasteiger partial charge in [-0.05, 0) is 42.9 Å². The van der Waals surface area contributed by atoms with Crippen molar-refractivity contribution in [3.63, 3.8) is 0 Å². The van der Waals surface area contributed by atoms with Gasteiger partial charge in [-0.15, -0.1) is 0 Å². The van der Waals surface area contributed by atoms with Crippen LogP contribution in [-0.2, 0) is 6.61 Å². The zero-order valence-corrected chi connectivity index (χ0v) is 18.5. The van der Waals surface area contributed by atoms with Crippen molar-refractivity contribution in [2.45, 2.75) is 6.61 Å². The zero-order valence-electron chi connectivity index (χ0n) is 17.7. The van der Waals surface area contributed by atoms with E-state index in [0.717, 1.165) is 37.3 Å². The van der Waals surface area contributed by atoms with Crippen LogP contribution in [0.15, 0.2) is 54.7 Å². The number of aromatic nitrogens is 1. The van der Waals surface area contributed by atoms with Crippen LogP contribution in [0.5, 0.6) is 5.75 Å². The molecule has 0 atom stereocenters. The number of piperazine rings is 1. The Kier molecular flexibility index (Phi) is 6.58. The zero-order chi connectivity index (χ0) is 22.7. The minimum absolute atomic E-state index is 0.0419. The molecule has 2 aromatic carbocycles. The molecule has 2 N–H and O–H groups in total. The van der Waals surface area contributed by atoms with E-state index in [1.165, 1.54) is 12.1 Å². The summed E-state index contributed by atoms with van der Waals surface area (Å²) >= 11 is 6.07. The summed E-state index contributed by atoms with van der Waals surface area (Å²) < 4.78 is 19.0. The largest absolute Gasteiger partial charge is 0.485 e. The molecule has 0 bridgehead atoms. The van der Waals surface area contributed by atoms with Crippen LogP contribution in [0.3, 0.4) is 0 Å². The number of carbonyl (C=O) groups is 1. The first-order valence-electron chi connectivity index (χ1n) is 10.3. The van der Waals surface area contributed by atoms with Gasteiger partial charge in [0.15, 0.2) is 11.6 Å². The highest BCUT2D eigenvalue weighted by atomic mass is 35.5. The monoisotopic (exact) mass is 454 g/mol. The number of hydrogen-bond donors (Lipinski definition) is 1. The second-order valence-electron chi connectivity index (χ2n) is 7.80. The third-order valence-corrected chi connectivity index (χ3v) is 5.89. The fraction of sp³-hybridized carbons (Fsp3) is 0.250. The van der Waals surface area contributed by atoms with Crippen LogP contribution in [0.25, 0.3) is 11.1 Å². The SMILES string of the molecule is CN1CCN(C(=O)c2ccc(-c3cnc(N)c(OCc4ccc(F)cc4Cl)c3)cc2)CC1. The quantitative estimate of drug-likeness (QED) is 0.628. The highest BCUT2D eigenvalue weighted by molar-refractivity contribution is 6.31. The molecule has 4 rings (SSSR count). The second kappa shape index (κ2) is 9.54. The van der Waals surface area contributed by atoms with Gasteiger partial charge in [-0.1, -0.05) is 29.8 Å². The van der Waals surface area contributed by atoms with E-state index < -0.39 is 5.82 Å². The van der Waals surface area contributed by atoms with Gasteiger partial charge < -0.3 is 20.3 Å². The normalized spacial score (nSPS) is 14.4. The molecular weight excluding hydrogens is 431 g/mol. The summed E-state index contributed by atoms with van der Waals surface area (Å²) in [6, 6.07) is 13.3. The van der Waals surface area contributed by atoms with Gasteiger partial charge >= 0.3 is 0 Å². The minimum Gasteiger partial charge on any atom is -0.485 e.